The molecule has 1 aromatic heterocycles. The van der Waals surface area contributed by atoms with Gasteiger partial charge in [0.15, 0.2) is 0 Å². The van der Waals surface area contributed by atoms with Crippen molar-refractivity contribution in [2.24, 2.45) is 5.73 Å². The smallest absolute Gasteiger partial charge is 0.245 e. The van der Waals surface area contributed by atoms with E-state index in [2.05, 4.69) is 12.2 Å². The Morgan fingerprint density at radius 1 is 1.35 bits per heavy atom. The molecule has 3 N–H and O–H groups in total. The van der Waals surface area contributed by atoms with E-state index in [1.165, 1.54) is 4.88 Å². The van der Waals surface area contributed by atoms with Crippen LogP contribution < -0.4 is 15.8 Å². The summed E-state index contributed by atoms with van der Waals surface area (Å²) in [5.41, 5.74) is 6.28. The van der Waals surface area contributed by atoms with Gasteiger partial charge in [0, 0.05) is 9.75 Å². The van der Waals surface area contributed by atoms with Crippen molar-refractivity contribution >= 4 is 22.9 Å². The van der Waals surface area contributed by atoms with E-state index in [1.807, 2.05) is 36.4 Å². The average molecular weight is 290 g/mol. The lowest BCUT2D eigenvalue weighted by Gasteiger charge is -2.17. The van der Waals surface area contributed by atoms with E-state index >= 15 is 0 Å². The van der Waals surface area contributed by atoms with Gasteiger partial charge in [-0.05, 0) is 30.7 Å². The van der Waals surface area contributed by atoms with Crippen LogP contribution in [0.5, 0.6) is 5.75 Å². The predicted octanol–water partition coefficient (Wildman–Crippen LogP) is 2.96. The molecule has 2 rings (SSSR count). The van der Waals surface area contributed by atoms with Crippen molar-refractivity contribution in [1.82, 2.24) is 0 Å². The zero-order valence-electron chi connectivity index (χ0n) is 11.6. The third kappa shape index (κ3) is 3.11. The summed E-state index contributed by atoms with van der Waals surface area (Å²) >= 11 is 1.60. The van der Waals surface area contributed by atoms with E-state index in [1.54, 1.807) is 18.4 Å². The highest BCUT2D eigenvalue weighted by Gasteiger charge is 2.20. The molecule has 1 unspecified atom stereocenters. The molecule has 0 radical (unpaired) electrons. The van der Waals surface area contributed by atoms with Crippen LogP contribution in [0.3, 0.4) is 0 Å². The number of thiophene rings is 1. The van der Waals surface area contributed by atoms with Crippen molar-refractivity contribution in [2.75, 3.05) is 12.4 Å². The molecule has 2 aromatic rings. The first-order valence-corrected chi connectivity index (χ1v) is 7.24. The highest BCUT2D eigenvalue weighted by molar-refractivity contribution is 7.12. The third-order valence-corrected chi connectivity index (χ3v) is 4.30. The molecule has 0 saturated carbocycles. The number of nitrogens with one attached hydrogen (secondary N) is 1. The molecule has 20 heavy (non-hydrogen) atoms. The molecule has 1 atom stereocenters. The van der Waals surface area contributed by atoms with Crippen LogP contribution in [0, 0.1) is 0 Å². The fraction of sp³-hybridized carbons (Fsp3) is 0.267. The largest absolute Gasteiger partial charge is 0.495 e. The van der Waals surface area contributed by atoms with Crippen molar-refractivity contribution < 1.29 is 9.53 Å². The standard InChI is InChI=1S/C15H18N2O2S/c1-3-10-8-9-13(20-10)14(15(16)18)17-11-6-4-5-7-12(11)19-2/h4-9,14,17H,3H2,1-2H3,(H2,16,18). The molecule has 0 aliphatic carbocycles. The van der Waals surface area contributed by atoms with Crippen molar-refractivity contribution in [3.8, 4) is 5.75 Å². The highest BCUT2D eigenvalue weighted by atomic mass is 32.1. The van der Waals surface area contributed by atoms with Crippen LogP contribution in [0.2, 0.25) is 0 Å². The quantitative estimate of drug-likeness (QED) is 0.859. The topological polar surface area (TPSA) is 64.3 Å². The fourth-order valence-electron chi connectivity index (χ4n) is 1.94. The number of aryl methyl sites for hydroxylation is 1. The van der Waals surface area contributed by atoms with Crippen LogP contribution in [-0.2, 0) is 11.2 Å². The Kier molecular flexibility index (Phi) is 4.63. The van der Waals surface area contributed by atoms with Crippen LogP contribution >= 0.6 is 11.3 Å². The molecule has 0 aliphatic heterocycles. The number of rotatable bonds is 6. The summed E-state index contributed by atoms with van der Waals surface area (Å²) in [4.78, 5) is 13.9. The molecular formula is C15H18N2O2S. The summed E-state index contributed by atoms with van der Waals surface area (Å²) in [6, 6.07) is 10.9. The molecule has 4 nitrogen and oxygen atoms in total. The van der Waals surface area contributed by atoms with E-state index in [4.69, 9.17) is 10.5 Å². The first-order chi connectivity index (χ1) is 9.65. The Labute approximate surface area is 122 Å². The minimum absolute atomic E-state index is 0.402. The number of benzene rings is 1. The van der Waals surface area contributed by atoms with Gasteiger partial charge >= 0.3 is 0 Å². The summed E-state index contributed by atoms with van der Waals surface area (Å²) in [5.74, 6) is 0.284. The third-order valence-electron chi connectivity index (χ3n) is 3.01. The van der Waals surface area contributed by atoms with Gasteiger partial charge in [0.2, 0.25) is 5.91 Å². The minimum Gasteiger partial charge on any atom is -0.495 e. The normalized spacial score (nSPS) is 11.9. The lowest BCUT2D eigenvalue weighted by atomic mass is 10.2. The number of carbonyl (C=O) groups is 1. The van der Waals surface area contributed by atoms with Crippen LogP contribution in [0.15, 0.2) is 36.4 Å². The number of carbonyl (C=O) groups excluding carboxylic acids is 1. The first-order valence-electron chi connectivity index (χ1n) is 6.43. The van der Waals surface area contributed by atoms with Crippen LogP contribution in [0.1, 0.15) is 22.7 Å². The molecular weight excluding hydrogens is 272 g/mol. The molecule has 1 heterocycles. The molecule has 0 fully saturated rings. The summed E-state index contributed by atoms with van der Waals surface area (Å²) in [6.07, 6.45) is 0.949. The molecule has 0 aliphatic rings. The van der Waals surface area contributed by atoms with Crippen LogP contribution in [0.25, 0.3) is 0 Å². The Hall–Kier alpha value is -2.01. The highest BCUT2D eigenvalue weighted by Crippen LogP contribution is 2.30. The van der Waals surface area contributed by atoms with Gasteiger partial charge in [-0.3, -0.25) is 4.79 Å². The summed E-state index contributed by atoms with van der Waals surface area (Å²) < 4.78 is 5.28. The molecule has 5 heteroatoms. The van der Waals surface area contributed by atoms with Crippen molar-refractivity contribution in [3.63, 3.8) is 0 Å². The molecule has 0 saturated heterocycles. The maximum atomic E-state index is 11.7. The molecule has 0 bridgehead atoms. The van der Waals surface area contributed by atoms with Crippen LogP contribution in [-0.4, -0.2) is 13.0 Å². The van der Waals surface area contributed by atoms with Gasteiger partial charge in [-0.1, -0.05) is 19.1 Å². The van der Waals surface area contributed by atoms with E-state index in [0.29, 0.717) is 5.75 Å². The number of methoxy groups -OCH3 is 1. The Morgan fingerprint density at radius 3 is 2.70 bits per heavy atom. The maximum absolute atomic E-state index is 11.7. The van der Waals surface area contributed by atoms with E-state index in [9.17, 15) is 4.79 Å². The lowest BCUT2D eigenvalue weighted by Crippen LogP contribution is -2.27. The number of para-hydroxylation sites is 2. The van der Waals surface area contributed by atoms with Crippen molar-refractivity contribution in [2.45, 2.75) is 19.4 Å². The second-order valence-electron chi connectivity index (χ2n) is 4.34. The molecule has 0 spiro atoms. The van der Waals surface area contributed by atoms with Crippen molar-refractivity contribution in [1.29, 1.82) is 0 Å². The SMILES string of the molecule is CCc1ccc(C(Nc2ccccc2OC)C(N)=O)s1. The Morgan fingerprint density at radius 2 is 2.10 bits per heavy atom. The van der Waals surface area contributed by atoms with Crippen LogP contribution in [0.4, 0.5) is 5.69 Å². The summed E-state index contributed by atoms with van der Waals surface area (Å²) in [7, 11) is 1.60. The lowest BCUT2D eigenvalue weighted by molar-refractivity contribution is -0.118. The summed E-state index contributed by atoms with van der Waals surface area (Å²) in [5, 5.41) is 3.16. The van der Waals surface area contributed by atoms with Gasteiger partial charge < -0.3 is 15.8 Å². The number of primary amides is 1. The number of amides is 1. The number of nitrogens with two attached hydrogens (primary N) is 1. The Balaban J connectivity index is 2.28. The Bertz CT molecular complexity index is 595. The first kappa shape index (κ1) is 14.4. The second kappa shape index (κ2) is 6.43. The fourth-order valence-corrected chi connectivity index (χ4v) is 2.95. The van der Waals surface area contributed by atoms with E-state index in [0.717, 1.165) is 17.0 Å². The second-order valence-corrected chi connectivity index (χ2v) is 5.54. The van der Waals surface area contributed by atoms with Gasteiger partial charge in [-0.2, -0.15) is 0 Å². The average Bonchev–Trinajstić information content (AvgIpc) is 2.93. The van der Waals surface area contributed by atoms with Gasteiger partial charge in [-0.15, -0.1) is 11.3 Å². The zero-order chi connectivity index (χ0) is 14.5. The monoisotopic (exact) mass is 290 g/mol. The minimum atomic E-state index is -0.545. The number of hydrogen-bond donors (Lipinski definition) is 2. The maximum Gasteiger partial charge on any atom is 0.245 e. The number of ether oxygens (including phenoxy) is 1. The number of anilines is 1. The van der Waals surface area contributed by atoms with Gasteiger partial charge in [0.1, 0.15) is 11.8 Å². The molecule has 1 aromatic carbocycles. The molecule has 1 amide bonds. The van der Waals surface area contributed by atoms with Gasteiger partial charge in [0.25, 0.3) is 0 Å². The van der Waals surface area contributed by atoms with E-state index < -0.39 is 11.9 Å². The molecule has 106 valence electrons. The van der Waals surface area contributed by atoms with Gasteiger partial charge in [-0.25, -0.2) is 0 Å². The van der Waals surface area contributed by atoms with E-state index in [-0.39, 0.29) is 0 Å². The zero-order valence-corrected chi connectivity index (χ0v) is 12.4. The predicted molar refractivity (Wildman–Crippen MR) is 82.2 cm³/mol. The summed E-state index contributed by atoms with van der Waals surface area (Å²) in [6.45, 7) is 2.09. The van der Waals surface area contributed by atoms with Crippen molar-refractivity contribution in [3.05, 3.63) is 46.2 Å². The number of hydrogen-bond acceptors (Lipinski definition) is 4. The van der Waals surface area contributed by atoms with Gasteiger partial charge in [0.05, 0.1) is 12.8 Å².